The monoisotopic (exact) mass is 288 g/mol. The van der Waals surface area contributed by atoms with Gasteiger partial charge in [-0.15, -0.1) is 0 Å². The topological polar surface area (TPSA) is 51.1 Å². The largest absolute Gasteiger partial charge is 0.493 e. The lowest BCUT2D eigenvalue weighted by atomic mass is 10.1. The van der Waals surface area contributed by atoms with Crippen molar-refractivity contribution < 1.29 is 14.3 Å². The maximum absolute atomic E-state index is 11.6. The molecule has 0 N–H and O–H groups in total. The molecule has 0 spiro atoms. The standard InChI is InChI=1S/C16H20N2O3/c1-18-16(19)10-13(17-18)11-7-8-14(20-2)15(9-11)21-12-5-3-4-6-12/h7-9,12H,3-6,10H2,1-2H3. The van der Waals surface area contributed by atoms with Crippen LogP contribution in [-0.2, 0) is 4.79 Å². The third-order valence-corrected chi connectivity index (χ3v) is 4.04. The summed E-state index contributed by atoms with van der Waals surface area (Å²) in [5.41, 5.74) is 1.70. The van der Waals surface area contributed by atoms with Crippen molar-refractivity contribution in [3.8, 4) is 11.5 Å². The van der Waals surface area contributed by atoms with Gasteiger partial charge in [-0.3, -0.25) is 4.79 Å². The van der Waals surface area contributed by atoms with Crippen LogP contribution in [-0.4, -0.2) is 36.9 Å². The predicted molar refractivity (Wildman–Crippen MR) is 79.8 cm³/mol. The average molecular weight is 288 g/mol. The zero-order chi connectivity index (χ0) is 14.8. The van der Waals surface area contributed by atoms with Crippen molar-refractivity contribution in [3.05, 3.63) is 23.8 Å². The minimum atomic E-state index is 0.0130. The van der Waals surface area contributed by atoms with Crippen LogP contribution in [0.25, 0.3) is 0 Å². The number of methoxy groups -OCH3 is 1. The van der Waals surface area contributed by atoms with Gasteiger partial charge in [0.2, 0.25) is 5.91 Å². The molecule has 0 atom stereocenters. The molecule has 1 aliphatic carbocycles. The average Bonchev–Trinajstić information content (AvgIpc) is 3.10. The molecule has 1 aromatic rings. The van der Waals surface area contributed by atoms with Crippen LogP contribution in [0.2, 0.25) is 0 Å². The van der Waals surface area contributed by atoms with Crippen LogP contribution in [0.3, 0.4) is 0 Å². The molecule has 1 amide bonds. The Hall–Kier alpha value is -2.04. The lowest BCUT2D eigenvalue weighted by Gasteiger charge is -2.16. The number of hydrogen-bond donors (Lipinski definition) is 0. The van der Waals surface area contributed by atoms with Crippen LogP contribution < -0.4 is 9.47 Å². The highest BCUT2D eigenvalue weighted by Crippen LogP contribution is 2.33. The minimum Gasteiger partial charge on any atom is -0.493 e. The van der Waals surface area contributed by atoms with Gasteiger partial charge < -0.3 is 9.47 Å². The second-order valence-corrected chi connectivity index (χ2v) is 5.53. The Morgan fingerprint density at radius 1 is 1.24 bits per heavy atom. The number of nitrogens with zero attached hydrogens (tertiary/aromatic N) is 2. The summed E-state index contributed by atoms with van der Waals surface area (Å²) in [6, 6.07) is 5.74. The van der Waals surface area contributed by atoms with Gasteiger partial charge in [0, 0.05) is 12.6 Å². The van der Waals surface area contributed by atoms with Crippen LogP contribution in [0, 0.1) is 0 Å². The molecule has 5 nitrogen and oxygen atoms in total. The predicted octanol–water partition coefficient (Wildman–Crippen LogP) is 2.58. The highest BCUT2D eigenvalue weighted by molar-refractivity contribution is 6.13. The van der Waals surface area contributed by atoms with Gasteiger partial charge in [0.1, 0.15) is 0 Å². The van der Waals surface area contributed by atoms with Crippen LogP contribution >= 0.6 is 0 Å². The zero-order valence-electron chi connectivity index (χ0n) is 12.5. The first-order chi connectivity index (χ1) is 10.2. The maximum atomic E-state index is 11.6. The van der Waals surface area contributed by atoms with Crippen molar-refractivity contribution in [2.24, 2.45) is 5.10 Å². The molecule has 0 bridgehead atoms. The lowest BCUT2D eigenvalue weighted by molar-refractivity contribution is -0.127. The number of carbonyl (C=O) groups is 1. The van der Waals surface area contributed by atoms with E-state index in [9.17, 15) is 4.79 Å². The summed E-state index contributed by atoms with van der Waals surface area (Å²) in [6.07, 6.45) is 5.23. The SMILES string of the molecule is COc1ccc(C2=NN(C)C(=O)C2)cc1OC1CCCC1. The Labute approximate surface area is 124 Å². The van der Waals surface area contributed by atoms with E-state index in [4.69, 9.17) is 9.47 Å². The normalized spacial score (nSPS) is 19.0. The third-order valence-electron chi connectivity index (χ3n) is 4.04. The molecule has 0 unspecified atom stereocenters. The summed E-state index contributed by atoms with van der Waals surface area (Å²) in [5.74, 6) is 1.48. The van der Waals surface area contributed by atoms with Gasteiger partial charge >= 0.3 is 0 Å². The van der Waals surface area contributed by atoms with Crippen LogP contribution in [0.5, 0.6) is 11.5 Å². The Balaban J connectivity index is 1.86. The summed E-state index contributed by atoms with van der Waals surface area (Å²) in [4.78, 5) is 11.6. The molecule has 1 aromatic carbocycles. The smallest absolute Gasteiger partial charge is 0.248 e. The molecule has 3 rings (SSSR count). The first kappa shape index (κ1) is 13.9. The summed E-state index contributed by atoms with van der Waals surface area (Å²) in [7, 11) is 3.32. The molecular weight excluding hydrogens is 268 g/mol. The third kappa shape index (κ3) is 2.86. The highest BCUT2D eigenvalue weighted by Gasteiger charge is 2.23. The van der Waals surface area contributed by atoms with E-state index < -0.39 is 0 Å². The lowest BCUT2D eigenvalue weighted by Crippen LogP contribution is -2.14. The Kier molecular flexibility index (Phi) is 3.82. The summed E-state index contributed by atoms with van der Waals surface area (Å²) in [6.45, 7) is 0. The van der Waals surface area contributed by atoms with Gasteiger partial charge in [-0.05, 0) is 43.9 Å². The Morgan fingerprint density at radius 3 is 2.62 bits per heavy atom. The van der Waals surface area contributed by atoms with E-state index in [1.807, 2.05) is 18.2 Å². The number of amides is 1. The number of carbonyl (C=O) groups excluding carboxylic acids is 1. The van der Waals surface area contributed by atoms with E-state index in [-0.39, 0.29) is 12.0 Å². The number of rotatable bonds is 4. The highest BCUT2D eigenvalue weighted by atomic mass is 16.5. The minimum absolute atomic E-state index is 0.0130. The van der Waals surface area contributed by atoms with Crippen LogP contribution in [0.1, 0.15) is 37.7 Å². The van der Waals surface area contributed by atoms with Gasteiger partial charge in [-0.2, -0.15) is 5.10 Å². The van der Waals surface area contributed by atoms with Crippen molar-refractivity contribution in [2.75, 3.05) is 14.2 Å². The van der Waals surface area contributed by atoms with Crippen molar-refractivity contribution in [3.63, 3.8) is 0 Å². The first-order valence-electron chi connectivity index (χ1n) is 7.36. The Bertz CT molecular complexity index is 577. The van der Waals surface area contributed by atoms with Crippen molar-refractivity contribution in [2.45, 2.75) is 38.2 Å². The van der Waals surface area contributed by atoms with Gasteiger partial charge in [0.05, 0.1) is 25.3 Å². The van der Waals surface area contributed by atoms with E-state index in [0.29, 0.717) is 6.42 Å². The second kappa shape index (κ2) is 5.76. The molecule has 2 aliphatic rings. The Morgan fingerprint density at radius 2 is 2.00 bits per heavy atom. The fourth-order valence-electron chi connectivity index (χ4n) is 2.82. The van der Waals surface area contributed by atoms with Gasteiger partial charge in [0.25, 0.3) is 0 Å². The van der Waals surface area contributed by atoms with E-state index in [1.54, 1.807) is 14.2 Å². The molecule has 0 radical (unpaired) electrons. The molecule has 1 heterocycles. The van der Waals surface area contributed by atoms with E-state index in [2.05, 4.69) is 5.10 Å². The number of hydrogen-bond acceptors (Lipinski definition) is 4. The summed E-state index contributed by atoms with van der Waals surface area (Å²) in [5, 5.41) is 5.66. The summed E-state index contributed by atoms with van der Waals surface area (Å²) >= 11 is 0. The van der Waals surface area contributed by atoms with Crippen molar-refractivity contribution in [1.29, 1.82) is 0 Å². The summed E-state index contributed by atoms with van der Waals surface area (Å²) < 4.78 is 11.4. The first-order valence-corrected chi connectivity index (χ1v) is 7.36. The van der Waals surface area contributed by atoms with Gasteiger partial charge in [-0.1, -0.05) is 0 Å². The van der Waals surface area contributed by atoms with Crippen molar-refractivity contribution >= 4 is 11.6 Å². The van der Waals surface area contributed by atoms with E-state index >= 15 is 0 Å². The number of benzene rings is 1. The number of ether oxygens (including phenoxy) is 2. The maximum Gasteiger partial charge on any atom is 0.248 e. The molecule has 5 heteroatoms. The quantitative estimate of drug-likeness (QED) is 0.855. The second-order valence-electron chi connectivity index (χ2n) is 5.53. The zero-order valence-corrected chi connectivity index (χ0v) is 12.5. The van der Waals surface area contributed by atoms with Gasteiger partial charge in [0.15, 0.2) is 11.5 Å². The van der Waals surface area contributed by atoms with E-state index in [0.717, 1.165) is 35.6 Å². The number of hydrazone groups is 1. The molecular formula is C16H20N2O3. The molecule has 1 fully saturated rings. The van der Waals surface area contributed by atoms with Gasteiger partial charge in [-0.25, -0.2) is 5.01 Å². The molecule has 21 heavy (non-hydrogen) atoms. The fourth-order valence-corrected chi connectivity index (χ4v) is 2.82. The van der Waals surface area contributed by atoms with Crippen LogP contribution in [0.4, 0.5) is 0 Å². The molecule has 0 aromatic heterocycles. The molecule has 1 aliphatic heterocycles. The van der Waals surface area contributed by atoms with Crippen molar-refractivity contribution in [1.82, 2.24) is 5.01 Å². The fraction of sp³-hybridized carbons (Fsp3) is 0.500. The van der Waals surface area contributed by atoms with Crippen LogP contribution in [0.15, 0.2) is 23.3 Å². The molecule has 1 saturated carbocycles. The molecule has 112 valence electrons. The molecule has 0 saturated heterocycles. The van der Waals surface area contributed by atoms with E-state index in [1.165, 1.54) is 17.9 Å².